The largest absolute Gasteiger partial charge is 0.495 e. The van der Waals surface area contributed by atoms with Crippen LogP contribution in [0.15, 0.2) is 46.9 Å². The summed E-state index contributed by atoms with van der Waals surface area (Å²) >= 11 is 3.39. The van der Waals surface area contributed by atoms with Crippen LogP contribution in [0.25, 0.3) is 0 Å². The fraction of sp³-hybridized carbons (Fsp3) is 0.200. The molecule has 6 heteroatoms. The molecule has 2 aromatic rings. The van der Waals surface area contributed by atoms with Gasteiger partial charge in [-0.15, -0.1) is 0 Å². The summed E-state index contributed by atoms with van der Waals surface area (Å²) in [5.41, 5.74) is 1.70. The lowest BCUT2D eigenvalue weighted by Crippen LogP contribution is -2.08. The Labute approximate surface area is 131 Å². The van der Waals surface area contributed by atoms with Crippen LogP contribution in [0.2, 0.25) is 0 Å². The molecular formula is C15H15BrN2O3. The molecule has 0 radical (unpaired) electrons. The van der Waals surface area contributed by atoms with Gasteiger partial charge in [0, 0.05) is 22.6 Å². The number of ether oxygens (including phenoxy) is 1. The normalized spacial score (nSPS) is 11.8. The molecule has 0 aliphatic rings. The number of methoxy groups -OCH3 is 1. The van der Waals surface area contributed by atoms with E-state index in [1.165, 1.54) is 19.2 Å². The summed E-state index contributed by atoms with van der Waals surface area (Å²) in [4.78, 5) is 10.5. The molecular weight excluding hydrogens is 336 g/mol. The van der Waals surface area contributed by atoms with Crippen LogP contribution < -0.4 is 10.1 Å². The highest BCUT2D eigenvalue weighted by molar-refractivity contribution is 9.10. The molecule has 0 bridgehead atoms. The molecule has 0 amide bonds. The quantitative estimate of drug-likeness (QED) is 0.635. The van der Waals surface area contributed by atoms with E-state index < -0.39 is 4.92 Å². The van der Waals surface area contributed by atoms with E-state index in [1.54, 1.807) is 6.07 Å². The zero-order chi connectivity index (χ0) is 15.4. The number of halogens is 1. The van der Waals surface area contributed by atoms with E-state index in [0.29, 0.717) is 11.4 Å². The number of non-ortho nitro benzene ring substituents is 1. The first-order valence-electron chi connectivity index (χ1n) is 6.35. The Kier molecular flexibility index (Phi) is 4.80. The number of nitro benzene ring substituents is 1. The highest BCUT2D eigenvalue weighted by atomic mass is 79.9. The fourth-order valence-electron chi connectivity index (χ4n) is 1.99. The maximum atomic E-state index is 10.9. The van der Waals surface area contributed by atoms with Crippen molar-refractivity contribution < 1.29 is 9.66 Å². The van der Waals surface area contributed by atoms with Gasteiger partial charge in [0.1, 0.15) is 5.75 Å². The molecule has 2 aromatic carbocycles. The Balaban J connectivity index is 2.26. The summed E-state index contributed by atoms with van der Waals surface area (Å²) in [6.07, 6.45) is 0. The van der Waals surface area contributed by atoms with Crippen LogP contribution >= 0.6 is 15.9 Å². The fourth-order valence-corrected chi connectivity index (χ4v) is 2.25. The molecule has 0 heterocycles. The Morgan fingerprint density at radius 1 is 1.24 bits per heavy atom. The van der Waals surface area contributed by atoms with E-state index in [2.05, 4.69) is 21.2 Å². The van der Waals surface area contributed by atoms with Crippen LogP contribution in [-0.4, -0.2) is 12.0 Å². The van der Waals surface area contributed by atoms with E-state index in [1.807, 2.05) is 31.2 Å². The summed E-state index contributed by atoms with van der Waals surface area (Å²) < 4.78 is 6.25. The predicted octanol–water partition coefficient (Wildman–Crippen LogP) is 4.54. The average molecular weight is 351 g/mol. The van der Waals surface area contributed by atoms with Gasteiger partial charge in [0.15, 0.2) is 0 Å². The van der Waals surface area contributed by atoms with Crippen molar-refractivity contribution in [3.05, 3.63) is 62.6 Å². The van der Waals surface area contributed by atoms with Gasteiger partial charge < -0.3 is 10.1 Å². The number of nitrogens with one attached hydrogen (secondary N) is 1. The minimum absolute atomic E-state index is 0.00555. The Bertz CT molecular complexity index is 644. The third kappa shape index (κ3) is 3.72. The van der Waals surface area contributed by atoms with Crippen LogP contribution in [-0.2, 0) is 0 Å². The van der Waals surface area contributed by atoms with Gasteiger partial charge in [-0.1, -0.05) is 28.1 Å². The van der Waals surface area contributed by atoms with E-state index in [-0.39, 0.29) is 11.7 Å². The molecule has 0 spiro atoms. The van der Waals surface area contributed by atoms with Crippen LogP contribution in [0.4, 0.5) is 11.4 Å². The van der Waals surface area contributed by atoms with Gasteiger partial charge in [0.2, 0.25) is 0 Å². The molecule has 0 saturated carbocycles. The van der Waals surface area contributed by atoms with Gasteiger partial charge in [0.25, 0.3) is 5.69 Å². The van der Waals surface area contributed by atoms with Gasteiger partial charge in [-0.25, -0.2) is 0 Å². The van der Waals surface area contributed by atoms with Crippen LogP contribution in [0.1, 0.15) is 18.5 Å². The van der Waals surface area contributed by atoms with Crippen molar-refractivity contribution in [2.24, 2.45) is 0 Å². The molecule has 0 fully saturated rings. The second-order valence-electron chi connectivity index (χ2n) is 4.56. The van der Waals surface area contributed by atoms with Crippen molar-refractivity contribution in [3.63, 3.8) is 0 Å². The van der Waals surface area contributed by atoms with Crippen molar-refractivity contribution >= 4 is 27.3 Å². The highest BCUT2D eigenvalue weighted by Gasteiger charge is 2.14. The van der Waals surface area contributed by atoms with Gasteiger partial charge in [-0.3, -0.25) is 10.1 Å². The van der Waals surface area contributed by atoms with Crippen molar-refractivity contribution in [3.8, 4) is 5.75 Å². The Morgan fingerprint density at radius 2 is 1.90 bits per heavy atom. The SMILES string of the molecule is COc1ccc([N+](=O)[O-])cc1NC(C)c1ccc(Br)cc1. The van der Waals surface area contributed by atoms with Gasteiger partial charge >= 0.3 is 0 Å². The van der Waals surface area contributed by atoms with E-state index in [4.69, 9.17) is 4.74 Å². The smallest absolute Gasteiger partial charge is 0.271 e. The minimum atomic E-state index is -0.422. The highest BCUT2D eigenvalue weighted by Crippen LogP contribution is 2.32. The Morgan fingerprint density at radius 3 is 2.48 bits per heavy atom. The minimum Gasteiger partial charge on any atom is -0.495 e. The lowest BCUT2D eigenvalue weighted by molar-refractivity contribution is -0.384. The number of hydrogen-bond acceptors (Lipinski definition) is 4. The second kappa shape index (κ2) is 6.58. The maximum Gasteiger partial charge on any atom is 0.271 e. The van der Waals surface area contributed by atoms with Crippen LogP contribution in [0.5, 0.6) is 5.75 Å². The summed E-state index contributed by atoms with van der Waals surface area (Å²) in [6.45, 7) is 1.99. The van der Waals surface area contributed by atoms with Crippen LogP contribution in [0.3, 0.4) is 0 Å². The topological polar surface area (TPSA) is 64.4 Å². The third-order valence-corrected chi connectivity index (χ3v) is 3.66. The first-order valence-corrected chi connectivity index (χ1v) is 7.15. The van der Waals surface area contributed by atoms with E-state index in [0.717, 1.165) is 10.0 Å². The number of benzene rings is 2. The standard InChI is InChI=1S/C15H15BrN2O3/c1-10(11-3-5-12(16)6-4-11)17-14-9-13(18(19)20)7-8-15(14)21-2/h3-10,17H,1-2H3. The monoisotopic (exact) mass is 350 g/mol. The molecule has 0 aliphatic carbocycles. The molecule has 1 atom stereocenters. The third-order valence-electron chi connectivity index (χ3n) is 3.14. The van der Waals surface area contributed by atoms with Crippen LogP contribution in [0, 0.1) is 10.1 Å². The number of nitrogens with zero attached hydrogens (tertiary/aromatic N) is 1. The summed E-state index contributed by atoms with van der Waals surface area (Å²) in [5, 5.41) is 14.1. The van der Waals surface area contributed by atoms with Gasteiger partial charge in [-0.2, -0.15) is 0 Å². The molecule has 0 aromatic heterocycles. The molecule has 0 aliphatic heterocycles. The average Bonchev–Trinajstić information content (AvgIpc) is 2.47. The lowest BCUT2D eigenvalue weighted by Gasteiger charge is -2.18. The molecule has 21 heavy (non-hydrogen) atoms. The number of rotatable bonds is 5. The number of hydrogen-bond donors (Lipinski definition) is 1. The lowest BCUT2D eigenvalue weighted by atomic mass is 10.1. The summed E-state index contributed by atoms with van der Waals surface area (Å²) in [5.74, 6) is 0.574. The van der Waals surface area contributed by atoms with Crippen molar-refractivity contribution in [2.45, 2.75) is 13.0 Å². The van der Waals surface area contributed by atoms with Crippen molar-refractivity contribution in [2.75, 3.05) is 12.4 Å². The van der Waals surface area contributed by atoms with Crippen molar-refractivity contribution in [1.29, 1.82) is 0 Å². The zero-order valence-electron chi connectivity index (χ0n) is 11.7. The zero-order valence-corrected chi connectivity index (χ0v) is 13.3. The van der Waals surface area contributed by atoms with Gasteiger partial charge in [-0.05, 0) is 30.7 Å². The van der Waals surface area contributed by atoms with Crippen molar-refractivity contribution in [1.82, 2.24) is 0 Å². The first-order chi connectivity index (χ1) is 10.0. The molecule has 1 N–H and O–H groups in total. The summed E-state index contributed by atoms with van der Waals surface area (Å²) in [7, 11) is 1.54. The first kappa shape index (κ1) is 15.3. The predicted molar refractivity (Wildman–Crippen MR) is 85.8 cm³/mol. The molecule has 5 nitrogen and oxygen atoms in total. The second-order valence-corrected chi connectivity index (χ2v) is 5.47. The Hall–Kier alpha value is -2.08. The molecule has 0 saturated heterocycles. The van der Waals surface area contributed by atoms with E-state index in [9.17, 15) is 10.1 Å². The molecule has 2 rings (SSSR count). The number of nitro groups is 1. The number of anilines is 1. The maximum absolute atomic E-state index is 10.9. The summed E-state index contributed by atoms with van der Waals surface area (Å²) in [6, 6.07) is 12.4. The van der Waals surface area contributed by atoms with E-state index >= 15 is 0 Å². The molecule has 110 valence electrons. The van der Waals surface area contributed by atoms with Gasteiger partial charge in [0.05, 0.1) is 17.7 Å². The molecule has 1 unspecified atom stereocenters.